The first-order valence-electron chi connectivity index (χ1n) is 6.79. The zero-order valence-electron chi connectivity index (χ0n) is 9.87. The van der Waals surface area contributed by atoms with Crippen LogP contribution in [0.15, 0.2) is 30.3 Å². The van der Waals surface area contributed by atoms with Crippen LogP contribution in [-0.2, 0) is 5.41 Å². The molecule has 5 unspecified atom stereocenters. The lowest BCUT2D eigenvalue weighted by atomic mass is 9.08. The summed E-state index contributed by atoms with van der Waals surface area (Å²) in [7, 11) is 0. The van der Waals surface area contributed by atoms with E-state index in [0.29, 0.717) is 5.41 Å². The van der Waals surface area contributed by atoms with Gasteiger partial charge in [0.2, 0.25) is 0 Å². The van der Waals surface area contributed by atoms with E-state index in [-0.39, 0.29) is 0 Å². The second-order valence-corrected chi connectivity index (χ2v) is 7.09. The van der Waals surface area contributed by atoms with E-state index < -0.39 is 0 Å². The van der Waals surface area contributed by atoms with Crippen molar-refractivity contribution in [2.45, 2.75) is 38.0 Å². The molecule has 0 radical (unpaired) electrons. The van der Waals surface area contributed by atoms with E-state index in [9.17, 15) is 0 Å². The molecule has 5 rings (SSSR count). The summed E-state index contributed by atoms with van der Waals surface area (Å²) < 4.78 is 0. The van der Waals surface area contributed by atoms with E-state index in [1.807, 2.05) is 0 Å². The monoisotopic (exact) mass is 210 g/mol. The molecule has 0 aromatic heterocycles. The normalized spacial score (nSPS) is 59.3. The van der Waals surface area contributed by atoms with Crippen molar-refractivity contribution in [3.05, 3.63) is 35.9 Å². The maximum absolute atomic E-state index is 2.57. The van der Waals surface area contributed by atoms with Crippen LogP contribution in [0.25, 0.3) is 0 Å². The molecule has 4 aliphatic rings. The molecule has 0 nitrogen and oxygen atoms in total. The van der Waals surface area contributed by atoms with E-state index in [1.54, 1.807) is 12.0 Å². The van der Waals surface area contributed by atoms with Crippen molar-refractivity contribution in [2.75, 3.05) is 0 Å². The Morgan fingerprint density at radius 3 is 2.44 bits per heavy atom. The summed E-state index contributed by atoms with van der Waals surface area (Å²) in [5.74, 6) is 2.20. The van der Waals surface area contributed by atoms with Crippen molar-refractivity contribution >= 4 is 0 Å². The zero-order valence-corrected chi connectivity index (χ0v) is 9.87. The van der Waals surface area contributed by atoms with Gasteiger partial charge >= 0.3 is 0 Å². The summed E-state index contributed by atoms with van der Waals surface area (Å²) in [5, 5.41) is 0. The van der Waals surface area contributed by atoms with Crippen LogP contribution in [0, 0.1) is 22.7 Å². The first-order chi connectivity index (χ1) is 7.73. The second kappa shape index (κ2) is 2.00. The molecule has 4 aliphatic carbocycles. The Morgan fingerprint density at radius 2 is 1.81 bits per heavy atom. The summed E-state index contributed by atoms with van der Waals surface area (Å²) in [6.07, 6.45) is 6.09. The van der Waals surface area contributed by atoms with Gasteiger partial charge in [0.05, 0.1) is 0 Å². The highest BCUT2D eigenvalue weighted by Gasteiger charge is 2.92. The van der Waals surface area contributed by atoms with Crippen LogP contribution in [0.3, 0.4) is 0 Å². The minimum Gasteiger partial charge on any atom is -0.0622 e. The molecule has 82 valence electrons. The largest absolute Gasteiger partial charge is 0.0622 e. The van der Waals surface area contributed by atoms with Gasteiger partial charge in [-0.25, -0.2) is 0 Å². The van der Waals surface area contributed by atoms with Crippen LogP contribution in [0.5, 0.6) is 0 Å². The average molecular weight is 210 g/mol. The highest BCUT2D eigenvalue weighted by atomic mass is 15.0. The van der Waals surface area contributed by atoms with Gasteiger partial charge in [-0.2, -0.15) is 0 Å². The van der Waals surface area contributed by atoms with Gasteiger partial charge in [0.15, 0.2) is 0 Å². The summed E-state index contributed by atoms with van der Waals surface area (Å²) in [4.78, 5) is 0. The van der Waals surface area contributed by atoms with Crippen LogP contribution in [-0.4, -0.2) is 0 Å². The molecule has 0 amide bonds. The van der Waals surface area contributed by atoms with Crippen LogP contribution >= 0.6 is 0 Å². The van der Waals surface area contributed by atoms with Crippen molar-refractivity contribution in [2.24, 2.45) is 22.7 Å². The quantitative estimate of drug-likeness (QED) is 0.662. The molecule has 1 aromatic rings. The summed E-state index contributed by atoms with van der Waals surface area (Å²) in [6.45, 7) is 2.57. The zero-order chi connectivity index (χ0) is 10.6. The van der Waals surface area contributed by atoms with Crippen molar-refractivity contribution in [1.29, 1.82) is 0 Å². The van der Waals surface area contributed by atoms with Gasteiger partial charge in [0.25, 0.3) is 0 Å². The van der Waals surface area contributed by atoms with Crippen molar-refractivity contribution < 1.29 is 0 Å². The predicted octanol–water partition coefficient (Wildman–Crippen LogP) is 3.76. The molecular formula is C16H18. The van der Waals surface area contributed by atoms with Crippen molar-refractivity contribution in [1.82, 2.24) is 0 Å². The van der Waals surface area contributed by atoms with E-state index >= 15 is 0 Å². The van der Waals surface area contributed by atoms with Gasteiger partial charge in [-0.15, -0.1) is 0 Å². The van der Waals surface area contributed by atoms with Crippen LogP contribution in [0.1, 0.15) is 38.2 Å². The number of hydrogen-bond acceptors (Lipinski definition) is 0. The molecule has 0 heterocycles. The first-order valence-corrected chi connectivity index (χ1v) is 6.79. The highest BCUT2D eigenvalue weighted by molar-refractivity contribution is 5.50. The van der Waals surface area contributed by atoms with Gasteiger partial charge in [0, 0.05) is 5.41 Å². The van der Waals surface area contributed by atoms with Gasteiger partial charge in [0.1, 0.15) is 0 Å². The van der Waals surface area contributed by atoms with Crippen LogP contribution < -0.4 is 0 Å². The third-order valence-corrected chi connectivity index (χ3v) is 6.96. The molecule has 1 aromatic carbocycles. The fourth-order valence-electron chi connectivity index (χ4n) is 6.97. The lowest BCUT2D eigenvalue weighted by molar-refractivity contribution is -0.441. The molecule has 16 heavy (non-hydrogen) atoms. The summed E-state index contributed by atoms with van der Waals surface area (Å²) in [5.41, 5.74) is 3.83. The topological polar surface area (TPSA) is 0 Å². The standard InChI is InChI=1S/C16H18/c1-14-8-12-7-13-9-15(10-14,16(12,13)14)11-5-3-2-4-6-11/h2-6,12-13H,7-10H2,1H3. The molecule has 1 spiro atoms. The number of benzene rings is 1. The minimum absolute atomic E-state index is 0.634. The third kappa shape index (κ3) is 0.494. The Kier molecular flexibility index (Phi) is 1.04. The fraction of sp³-hybridized carbons (Fsp3) is 0.625. The molecule has 0 N–H and O–H groups in total. The van der Waals surface area contributed by atoms with E-state index in [0.717, 1.165) is 22.7 Å². The fourth-order valence-corrected chi connectivity index (χ4v) is 6.97. The lowest BCUT2D eigenvalue weighted by Crippen LogP contribution is -2.91. The average Bonchev–Trinajstić information content (AvgIpc) is 2.21. The first kappa shape index (κ1) is 8.33. The smallest absolute Gasteiger partial charge is 0.00281 e. The predicted molar refractivity (Wildman–Crippen MR) is 64.1 cm³/mol. The van der Waals surface area contributed by atoms with Gasteiger partial charge in [-0.3, -0.25) is 0 Å². The summed E-state index contributed by atoms with van der Waals surface area (Å²) in [6, 6.07) is 11.4. The van der Waals surface area contributed by atoms with E-state index in [1.165, 1.54) is 19.3 Å². The SMILES string of the molecule is CC12CC3CC4CC(c5ccccc5)(C1)C342. The molecule has 0 saturated heterocycles. The minimum atomic E-state index is 0.634. The van der Waals surface area contributed by atoms with Crippen LogP contribution in [0.2, 0.25) is 0 Å². The molecule has 0 aliphatic heterocycles. The maximum atomic E-state index is 2.57. The Balaban J connectivity index is 1.67. The molecule has 0 heteroatoms. The van der Waals surface area contributed by atoms with Crippen molar-refractivity contribution in [3.63, 3.8) is 0 Å². The summed E-state index contributed by atoms with van der Waals surface area (Å²) >= 11 is 0. The van der Waals surface area contributed by atoms with E-state index in [2.05, 4.69) is 37.3 Å². The Morgan fingerprint density at radius 1 is 1.06 bits per heavy atom. The third-order valence-electron chi connectivity index (χ3n) is 6.96. The maximum Gasteiger partial charge on any atom is 0.00281 e. The molecule has 0 bridgehead atoms. The molecule has 5 atom stereocenters. The van der Waals surface area contributed by atoms with E-state index in [4.69, 9.17) is 0 Å². The lowest BCUT2D eigenvalue weighted by Gasteiger charge is -2.95. The van der Waals surface area contributed by atoms with Gasteiger partial charge < -0.3 is 0 Å². The Hall–Kier alpha value is -0.780. The van der Waals surface area contributed by atoms with Gasteiger partial charge in [-0.05, 0) is 53.9 Å². The Bertz CT molecular complexity index is 484. The number of hydrogen-bond donors (Lipinski definition) is 0. The molecule has 4 fully saturated rings. The van der Waals surface area contributed by atoms with Crippen LogP contribution in [0.4, 0.5) is 0 Å². The van der Waals surface area contributed by atoms with Crippen molar-refractivity contribution in [3.8, 4) is 0 Å². The van der Waals surface area contributed by atoms with Gasteiger partial charge in [-0.1, -0.05) is 37.3 Å². The number of rotatable bonds is 1. The molecular weight excluding hydrogens is 192 g/mol. The Labute approximate surface area is 97.1 Å². The highest BCUT2D eigenvalue weighted by Crippen LogP contribution is 2.97. The second-order valence-electron chi connectivity index (χ2n) is 7.09. The molecule has 4 saturated carbocycles.